The number of rotatable bonds is 5. The molecule has 120 valence electrons. The van der Waals surface area contributed by atoms with Crippen molar-refractivity contribution < 1.29 is 13.5 Å². The third kappa shape index (κ3) is 3.63. The Kier molecular flexibility index (Phi) is 5.03. The Morgan fingerprint density at radius 3 is 2.71 bits per heavy atom. The van der Waals surface area contributed by atoms with Crippen LogP contribution < -0.4 is 4.72 Å². The van der Waals surface area contributed by atoms with E-state index in [9.17, 15) is 13.5 Å². The van der Waals surface area contributed by atoms with Gasteiger partial charge in [0.2, 0.25) is 0 Å². The first-order valence-corrected chi connectivity index (χ1v) is 8.64. The van der Waals surface area contributed by atoms with E-state index in [-0.39, 0.29) is 19.1 Å². The minimum absolute atomic E-state index is 0.0346. The zero-order chi connectivity index (χ0) is 15.6. The summed E-state index contributed by atoms with van der Waals surface area (Å²) in [5.41, 5.74) is 2.71. The molecule has 0 radical (unpaired) electrons. The van der Waals surface area contributed by atoms with Crippen LogP contribution in [0.15, 0.2) is 0 Å². The van der Waals surface area contributed by atoms with Gasteiger partial charge in [-0.2, -0.15) is 22.5 Å². The molecule has 0 saturated carbocycles. The second-order valence-corrected chi connectivity index (χ2v) is 7.40. The van der Waals surface area contributed by atoms with E-state index in [4.69, 9.17) is 0 Å². The summed E-state index contributed by atoms with van der Waals surface area (Å²) in [4.78, 5) is 0. The Labute approximate surface area is 126 Å². The lowest BCUT2D eigenvalue weighted by atomic mass is 10.0. The van der Waals surface area contributed by atoms with E-state index >= 15 is 0 Å². The highest BCUT2D eigenvalue weighted by atomic mass is 32.2. The predicted molar refractivity (Wildman–Crippen MR) is 79.8 cm³/mol. The smallest absolute Gasteiger partial charge is 0.279 e. The summed E-state index contributed by atoms with van der Waals surface area (Å²) >= 11 is 0. The predicted octanol–water partition coefficient (Wildman–Crippen LogP) is 0.0756. The van der Waals surface area contributed by atoms with Crippen molar-refractivity contribution in [1.82, 2.24) is 18.8 Å². The fourth-order valence-electron chi connectivity index (χ4n) is 2.72. The van der Waals surface area contributed by atoms with Crippen LogP contribution in [-0.4, -0.2) is 47.3 Å². The van der Waals surface area contributed by atoms with E-state index in [0.717, 1.165) is 29.8 Å². The first kappa shape index (κ1) is 16.4. The number of piperidine rings is 1. The van der Waals surface area contributed by atoms with Gasteiger partial charge in [-0.05, 0) is 32.6 Å². The van der Waals surface area contributed by atoms with Crippen molar-refractivity contribution in [2.45, 2.75) is 33.2 Å². The monoisotopic (exact) mass is 316 g/mol. The molecule has 1 aliphatic rings. The molecule has 0 aliphatic carbocycles. The zero-order valence-corrected chi connectivity index (χ0v) is 13.7. The molecular weight excluding hydrogens is 292 g/mol. The van der Waals surface area contributed by atoms with Gasteiger partial charge in [0, 0.05) is 44.5 Å². The van der Waals surface area contributed by atoms with Crippen molar-refractivity contribution in [3.63, 3.8) is 0 Å². The molecule has 2 rings (SSSR count). The summed E-state index contributed by atoms with van der Waals surface area (Å²) in [6.07, 6.45) is 1.67. The zero-order valence-electron chi connectivity index (χ0n) is 12.8. The number of aliphatic hydroxyl groups is 1. The van der Waals surface area contributed by atoms with E-state index < -0.39 is 10.2 Å². The van der Waals surface area contributed by atoms with Crippen LogP contribution in [0.3, 0.4) is 0 Å². The van der Waals surface area contributed by atoms with Crippen LogP contribution in [-0.2, 0) is 23.8 Å². The number of aryl methyl sites for hydroxylation is 2. The Balaban J connectivity index is 2.04. The Morgan fingerprint density at radius 2 is 2.14 bits per heavy atom. The number of nitrogens with zero attached hydrogens (tertiary/aromatic N) is 3. The molecule has 1 aromatic rings. The summed E-state index contributed by atoms with van der Waals surface area (Å²) in [5, 5.41) is 13.5. The minimum Gasteiger partial charge on any atom is -0.396 e. The Morgan fingerprint density at radius 1 is 1.43 bits per heavy atom. The number of aliphatic hydroxyl groups excluding tert-OH is 1. The largest absolute Gasteiger partial charge is 0.396 e. The maximum Gasteiger partial charge on any atom is 0.279 e. The maximum absolute atomic E-state index is 12.4. The molecule has 1 aromatic heterocycles. The van der Waals surface area contributed by atoms with Gasteiger partial charge in [-0.3, -0.25) is 4.68 Å². The summed E-state index contributed by atoms with van der Waals surface area (Å²) in [5.74, 6) is 0.0391. The van der Waals surface area contributed by atoms with Gasteiger partial charge < -0.3 is 5.11 Å². The van der Waals surface area contributed by atoms with Gasteiger partial charge in [-0.25, -0.2) is 0 Å². The van der Waals surface area contributed by atoms with Crippen LogP contribution in [0.5, 0.6) is 0 Å². The third-order valence-corrected chi connectivity index (χ3v) is 5.69. The lowest BCUT2D eigenvalue weighted by Crippen LogP contribution is -2.46. The lowest BCUT2D eigenvalue weighted by molar-refractivity contribution is 0.164. The lowest BCUT2D eigenvalue weighted by Gasteiger charge is -2.30. The normalized spacial score (nSPS) is 20.9. The van der Waals surface area contributed by atoms with Crippen molar-refractivity contribution in [2.24, 2.45) is 13.0 Å². The molecule has 0 amide bonds. The van der Waals surface area contributed by atoms with E-state index in [1.165, 1.54) is 4.31 Å². The molecule has 2 heterocycles. The van der Waals surface area contributed by atoms with Gasteiger partial charge >= 0.3 is 0 Å². The van der Waals surface area contributed by atoms with Gasteiger partial charge in [0.25, 0.3) is 10.2 Å². The molecule has 1 aliphatic heterocycles. The van der Waals surface area contributed by atoms with Crippen molar-refractivity contribution in [1.29, 1.82) is 0 Å². The van der Waals surface area contributed by atoms with E-state index in [1.807, 2.05) is 20.9 Å². The average Bonchev–Trinajstić information content (AvgIpc) is 2.70. The molecule has 0 spiro atoms. The quantitative estimate of drug-likeness (QED) is 0.805. The topological polar surface area (TPSA) is 87.5 Å². The van der Waals surface area contributed by atoms with E-state index in [2.05, 4.69) is 9.82 Å². The van der Waals surface area contributed by atoms with Gasteiger partial charge in [-0.15, -0.1) is 0 Å². The minimum atomic E-state index is -3.51. The summed E-state index contributed by atoms with van der Waals surface area (Å²) in [6, 6.07) is 0. The van der Waals surface area contributed by atoms with E-state index in [0.29, 0.717) is 13.1 Å². The first-order valence-electron chi connectivity index (χ1n) is 7.19. The second kappa shape index (κ2) is 6.43. The molecular formula is C13H24N4O3S. The maximum atomic E-state index is 12.4. The van der Waals surface area contributed by atoms with Crippen LogP contribution in [0.4, 0.5) is 0 Å². The SMILES string of the molecule is Cc1nn(C)c(C)c1CNS(=O)(=O)N1CCCC(CO)C1. The van der Waals surface area contributed by atoms with Crippen LogP contribution in [0.25, 0.3) is 0 Å². The highest BCUT2D eigenvalue weighted by molar-refractivity contribution is 7.87. The average molecular weight is 316 g/mol. The van der Waals surface area contributed by atoms with Crippen LogP contribution >= 0.6 is 0 Å². The molecule has 1 atom stereocenters. The van der Waals surface area contributed by atoms with Gasteiger partial charge in [0.1, 0.15) is 0 Å². The molecule has 21 heavy (non-hydrogen) atoms. The summed E-state index contributed by atoms with van der Waals surface area (Å²) in [7, 11) is -1.67. The number of nitrogens with one attached hydrogen (secondary N) is 1. The number of hydrogen-bond acceptors (Lipinski definition) is 4. The van der Waals surface area contributed by atoms with Crippen molar-refractivity contribution >= 4 is 10.2 Å². The van der Waals surface area contributed by atoms with Gasteiger partial charge in [0.05, 0.1) is 5.69 Å². The summed E-state index contributed by atoms with van der Waals surface area (Å²) in [6.45, 7) is 4.97. The van der Waals surface area contributed by atoms with Crippen LogP contribution in [0.2, 0.25) is 0 Å². The molecule has 1 saturated heterocycles. The van der Waals surface area contributed by atoms with Gasteiger partial charge in [-0.1, -0.05) is 0 Å². The standard InChI is InChI=1S/C13H24N4O3S/c1-10-13(11(2)16(3)15-10)7-14-21(19,20)17-6-4-5-12(8-17)9-18/h12,14,18H,4-9H2,1-3H3. The number of hydrogen-bond donors (Lipinski definition) is 2. The Hall–Kier alpha value is -0.960. The third-order valence-electron chi connectivity index (χ3n) is 4.17. The molecule has 1 unspecified atom stereocenters. The highest BCUT2D eigenvalue weighted by Crippen LogP contribution is 2.19. The Bertz CT molecular complexity index is 597. The van der Waals surface area contributed by atoms with Crippen molar-refractivity contribution in [3.05, 3.63) is 17.0 Å². The van der Waals surface area contributed by atoms with Crippen molar-refractivity contribution in [3.8, 4) is 0 Å². The molecule has 2 N–H and O–H groups in total. The van der Waals surface area contributed by atoms with Crippen LogP contribution in [0.1, 0.15) is 29.8 Å². The molecule has 8 heteroatoms. The fraction of sp³-hybridized carbons (Fsp3) is 0.769. The molecule has 0 bridgehead atoms. The number of aromatic nitrogens is 2. The van der Waals surface area contributed by atoms with E-state index in [1.54, 1.807) is 4.68 Å². The second-order valence-electron chi connectivity index (χ2n) is 5.65. The molecule has 7 nitrogen and oxygen atoms in total. The first-order chi connectivity index (χ1) is 9.85. The van der Waals surface area contributed by atoms with Gasteiger partial charge in [0.15, 0.2) is 0 Å². The molecule has 1 fully saturated rings. The van der Waals surface area contributed by atoms with Crippen molar-refractivity contribution in [2.75, 3.05) is 19.7 Å². The van der Waals surface area contributed by atoms with Crippen LogP contribution in [0, 0.1) is 19.8 Å². The highest BCUT2D eigenvalue weighted by Gasteiger charge is 2.28. The molecule has 0 aromatic carbocycles. The summed E-state index contributed by atoms with van der Waals surface area (Å²) < 4.78 is 30.5. The fourth-order valence-corrected chi connectivity index (χ4v) is 4.01.